The van der Waals surface area contributed by atoms with E-state index >= 15 is 0 Å². The molecule has 4 heteroatoms. The van der Waals surface area contributed by atoms with E-state index in [1.54, 1.807) is 6.07 Å². The van der Waals surface area contributed by atoms with E-state index < -0.39 is 12.5 Å². The lowest BCUT2D eigenvalue weighted by molar-refractivity contribution is -0.118. The maximum absolute atomic E-state index is 11.1. The van der Waals surface area contributed by atoms with Crippen molar-refractivity contribution in [1.29, 1.82) is 0 Å². The molecule has 0 spiro atoms. The Hall–Kier alpha value is -1.94. The highest BCUT2D eigenvalue weighted by atomic mass is 16.3. The zero-order valence-electron chi connectivity index (χ0n) is 8.90. The quantitative estimate of drug-likeness (QED) is 0.799. The molecule has 0 saturated carbocycles. The number of nitrogens with one attached hydrogen (secondary N) is 1. The SMILES string of the molecule is Cc1ccc2cccc(NC(=O)CO)c2n1. The maximum Gasteiger partial charge on any atom is 0.250 e. The number of carbonyl (C=O) groups is 1. The molecule has 1 heterocycles. The molecule has 1 aromatic carbocycles. The van der Waals surface area contributed by atoms with Gasteiger partial charge in [0.15, 0.2) is 0 Å². The number of benzene rings is 1. The van der Waals surface area contributed by atoms with Crippen molar-refractivity contribution in [2.24, 2.45) is 0 Å². The molecule has 0 atom stereocenters. The third-order valence-electron chi connectivity index (χ3n) is 2.28. The van der Waals surface area contributed by atoms with E-state index in [9.17, 15) is 4.79 Å². The number of aliphatic hydroxyl groups is 1. The molecule has 0 fully saturated rings. The summed E-state index contributed by atoms with van der Waals surface area (Å²) in [7, 11) is 0. The van der Waals surface area contributed by atoms with Crippen LogP contribution in [0.2, 0.25) is 0 Å². The number of hydrogen-bond donors (Lipinski definition) is 2. The van der Waals surface area contributed by atoms with E-state index in [0.717, 1.165) is 16.6 Å². The fourth-order valence-corrected chi connectivity index (χ4v) is 1.54. The largest absolute Gasteiger partial charge is 0.387 e. The Morgan fingerprint density at radius 3 is 2.94 bits per heavy atom. The Kier molecular flexibility index (Phi) is 2.83. The zero-order chi connectivity index (χ0) is 11.5. The first-order valence-corrected chi connectivity index (χ1v) is 4.98. The van der Waals surface area contributed by atoms with Gasteiger partial charge in [0.05, 0.1) is 11.2 Å². The summed E-state index contributed by atoms with van der Waals surface area (Å²) < 4.78 is 0. The van der Waals surface area contributed by atoms with Crippen molar-refractivity contribution in [2.45, 2.75) is 6.92 Å². The lowest BCUT2D eigenvalue weighted by Gasteiger charge is -2.07. The second-order valence-electron chi connectivity index (χ2n) is 3.54. The number of aliphatic hydroxyl groups excluding tert-OH is 1. The number of amides is 1. The summed E-state index contributed by atoms with van der Waals surface area (Å²) in [5, 5.41) is 12.3. The number of pyridine rings is 1. The van der Waals surface area contributed by atoms with Crippen LogP contribution in [0.4, 0.5) is 5.69 Å². The summed E-state index contributed by atoms with van der Waals surface area (Å²) in [4.78, 5) is 15.5. The second-order valence-corrected chi connectivity index (χ2v) is 3.54. The van der Waals surface area contributed by atoms with Crippen LogP contribution < -0.4 is 5.32 Å². The highest BCUT2D eigenvalue weighted by molar-refractivity contribution is 6.00. The topological polar surface area (TPSA) is 62.2 Å². The van der Waals surface area contributed by atoms with Gasteiger partial charge in [0.1, 0.15) is 6.61 Å². The normalized spacial score (nSPS) is 10.4. The molecule has 1 amide bonds. The summed E-state index contributed by atoms with van der Waals surface area (Å²) >= 11 is 0. The first-order chi connectivity index (χ1) is 7.70. The van der Waals surface area contributed by atoms with Gasteiger partial charge in [-0.05, 0) is 19.1 Å². The van der Waals surface area contributed by atoms with Crippen molar-refractivity contribution in [1.82, 2.24) is 4.98 Å². The monoisotopic (exact) mass is 216 g/mol. The number of aryl methyl sites for hydroxylation is 1. The van der Waals surface area contributed by atoms with Crippen molar-refractivity contribution in [3.8, 4) is 0 Å². The summed E-state index contributed by atoms with van der Waals surface area (Å²) in [5.41, 5.74) is 2.25. The molecule has 2 aromatic rings. The Morgan fingerprint density at radius 1 is 1.38 bits per heavy atom. The molecule has 1 aromatic heterocycles. The van der Waals surface area contributed by atoms with Gasteiger partial charge in [-0.25, -0.2) is 0 Å². The van der Waals surface area contributed by atoms with E-state index in [1.807, 2.05) is 31.2 Å². The number of aromatic nitrogens is 1. The molecule has 82 valence electrons. The molecule has 0 unspecified atom stereocenters. The van der Waals surface area contributed by atoms with Crippen LogP contribution in [0, 0.1) is 6.92 Å². The van der Waals surface area contributed by atoms with Crippen molar-refractivity contribution in [3.63, 3.8) is 0 Å². The fourth-order valence-electron chi connectivity index (χ4n) is 1.54. The minimum absolute atomic E-state index is 0.434. The molecule has 0 aliphatic rings. The molecule has 16 heavy (non-hydrogen) atoms. The minimum Gasteiger partial charge on any atom is -0.387 e. The highest BCUT2D eigenvalue weighted by Gasteiger charge is 2.05. The first-order valence-electron chi connectivity index (χ1n) is 4.98. The van der Waals surface area contributed by atoms with Crippen LogP contribution in [0.3, 0.4) is 0 Å². The minimum atomic E-state index is -0.526. The van der Waals surface area contributed by atoms with E-state index in [4.69, 9.17) is 5.11 Å². The molecule has 2 rings (SSSR count). The van der Waals surface area contributed by atoms with Crippen molar-refractivity contribution >= 4 is 22.5 Å². The third kappa shape index (κ3) is 2.01. The Bertz CT molecular complexity index is 538. The van der Waals surface area contributed by atoms with E-state index in [-0.39, 0.29) is 0 Å². The van der Waals surface area contributed by atoms with Crippen molar-refractivity contribution < 1.29 is 9.90 Å². The summed E-state index contributed by atoms with van der Waals surface area (Å²) in [5.74, 6) is -0.434. The third-order valence-corrected chi connectivity index (χ3v) is 2.28. The van der Waals surface area contributed by atoms with Gasteiger partial charge in [-0.15, -0.1) is 0 Å². The van der Waals surface area contributed by atoms with Crippen LogP contribution in [0.25, 0.3) is 10.9 Å². The molecule has 0 saturated heterocycles. The van der Waals surface area contributed by atoms with Crippen LogP contribution in [-0.2, 0) is 4.79 Å². The Labute approximate surface area is 92.9 Å². The van der Waals surface area contributed by atoms with Crippen LogP contribution >= 0.6 is 0 Å². The maximum atomic E-state index is 11.1. The summed E-state index contributed by atoms with van der Waals surface area (Å²) in [6.07, 6.45) is 0. The average Bonchev–Trinajstić information content (AvgIpc) is 2.29. The van der Waals surface area contributed by atoms with E-state index in [2.05, 4.69) is 10.3 Å². The van der Waals surface area contributed by atoms with Gasteiger partial charge in [0.25, 0.3) is 0 Å². The molecular weight excluding hydrogens is 204 g/mol. The van der Waals surface area contributed by atoms with E-state index in [0.29, 0.717) is 5.69 Å². The highest BCUT2D eigenvalue weighted by Crippen LogP contribution is 2.21. The van der Waals surface area contributed by atoms with Gasteiger partial charge in [-0.2, -0.15) is 0 Å². The predicted octanol–water partition coefficient (Wildman–Crippen LogP) is 1.47. The molecule has 0 aliphatic heterocycles. The summed E-state index contributed by atoms with van der Waals surface area (Å²) in [6, 6.07) is 9.40. The van der Waals surface area contributed by atoms with Crippen molar-refractivity contribution in [2.75, 3.05) is 11.9 Å². The van der Waals surface area contributed by atoms with Gasteiger partial charge in [-0.1, -0.05) is 18.2 Å². The first kappa shape index (κ1) is 10.6. The Balaban J connectivity index is 2.52. The van der Waals surface area contributed by atoms with E-state index in [1.165, 1.54) is 0 Å². The molecule has 2 N–H and O–H groups in total. The fraction of sp³-hybridized carbons (Fsp3) is 0.167. The van der Waals surface area contributed by atoms with Crippen LogP contribution in [0.15, 0.2) is 30.3 Å². The predicted molar refractivity (Wildman–Crippen MR) is 62.2 cm³/mol. The Morgan fingerprint density at radius 2 is 2.19 bits per heavy atom. The lowest BCUT2D eigenvalue weighted by atomic mass is 10.1. The number of anilines is 1. The second kappa shape index (κ2) is 4.28. The lowest BCUT2D eigenvalue weighted by Crippen LogP contribution is -2.15. The smallest absolute Gasteiger partial charge is 0.250 e. The molecule has 0 aliphatic carbocycles. The molecular formula is C12H12N2O2. The van der Waals surface area contributed by atoms with Crippen LogP contribution in [0.1, 0.15) is 5.69 Å². The van der Waals surface area contributed by atoms with Crippen LogP contribution in [0.5, 0.6) is 0 Å². The summed E-state index contributed by atoms with van der Waals surface area (Å²) in [6.45, 7) is 1.37. The van der Waals surface area contributed by atoms with Crippen molar-refractivity contribution in [3.05, 3.63) is 36.0 Å². The molecule has 0 radical (unpaired) electrons. The molecule has 4 nitrogen and oxygen atoms in total. The number of para-hydroxylation sites is 1. The number of nitrogens with zero attached hydrogens (tertiary/aromatic N) is 1. The average molecular weight is 216 g/mol. The van der Waals surface area contributed by atoms with Gasteiger partial charge in [0, 0.05) is 11.1 Å². The van der Waals surface area contributed by atoms with Gasteiger partial charge in [0.2, 0.25) is 5.91 Å². The van der Waals surface area contributed by atoms with Gasteiger partial charge < -0.3 is 10.4 Å². The standard InChI is InChI=1S/C12H12N2O2/c1-8-5-6-9-3-2-4-10(12(9)13-8)14-11(16)7-15/h2-6,15H,7H2,1H3,(H,14,16). The van der Waals surface area contributed by atoms with Gasteiger partial charge in [-0.3, -0.25) is 9.78 Å². The van der Waals surface area contributed by atoms with Gasteiger partial charge >= 0.3 is 0 Å². The number of fused-ring (bicyclic) bond motifs is 1. The number of hydrogen-bond acceptors (Lipinski definition) is 3. The number of carbonyl (C=O) groups excluding carboxylic acids is 1. The molecule has 0 bridgehead atoms. The zero-order valence-corrected chi connectivity index (χ0v) is 8.90. The number of rotatable bonds is 2. The van der Waals surface area contributed by atoms with Crippen LogP contribution in [-0.4, -0.2) is 22.6 Å².